The van der Waals surface area contributed by atoms with Gasteiger partial charge in [-0.05, 0) is 82.2 Å². The molecule has 0 fully saturated rings. The molecular formula is C30H22O4. The second-order valence-electron chi connectivity index (χ2n) is 8.02. The van der Waals surface area contributed by atoms with E-state index in [-0.39, 0.29) is 11.6 Å². The van der Waals surface area contributed by atoms with E-state index >= 15 is 0 Å². The fourth-order valence-corrected chi connectivity index (χ4v) is 4.24. The van der Waals surface area contributed by atoms with Crippen molar-refractivity contribution >= 4 is 33.1 Å². The van der Waals surface area contributed by atoms with Crippen molar-refractivity contribution in [2.75, 3.05) is 14.2 Å². The van der Waals surface area contributed by atoms with Crippen molar-refractivity contribution in [3.63, 3.8) is 0 Å². The first kappa shape index (κ1) is 21.4. The average Bonchev–Trinajstić information content (AvgIpc) is 2.90. The van der Waals surface area contributed by atoms with Crippen LogP contribution in [0.5, 0.6) is 11.5 Å². The Balaban J connectivity index is 1.64. The van der Waals surface area contributed by atoms with Crippen molar-refractivity contribution < 1.29 is 19.1 Å². The molecule has 5 rings (SSSR count). The van der Waals surface area contributed by atoms with Crippen molar-refractivity contribution in [2.45, 2.75) is 0 Å². The lowest BCUT2D eigenvalue weighted by Crippen LogP contribution is -2.04. The van der Waals surface area contributed by atoms with Crippen molar-refractivity contribution in [2.24, 2.45) is 0 Å². The van der Waals surface area contributed by atoms with Crippen molar-refractivity contribution in [1.82, 2.24) is 0 Å². The Morgan fingerprint density at radius 1 is 0.529 bits per heavy atom. The first-order valence-corrected chi connectivity index (χ1v) is 10.9. The van der Waals surface area contributed by atoms with Gasteiger partial charge in [-0.2, -0.15) is 0 Å². The first-order chi connectivity index (χ1) is 16.6. The third-order valence-electron chi connectivity index (χ3n) is 6.07. The maximum Gasteiger partial charge on any atom is 0.193 e. The van der Waals surface area contributed by atoms with Crippen LogP contribution in [0.25, 0.3) is 21.5 Å². The summed E-state index contributed by atoms with van der Waals surface area (Å²) in [4.78, 5) is 26.8. The molecule has 166 valence electrons. The van der Waals surface area contributed by atoms with E-state index in [0.29, 0.717) is 33.8 Å². The minimum atomic E-state index is -0.0773. The van der Waals surface area contributed by atoms with Crippen LogP contribution in [0.1, 0.15) is 31.8 Å². The Labute approximate surface area is 197 Å². The van der Waals surface area contributed by atoms with Crippen LogP contribution in [-0.2, 0) is 0 Å². The zero-order chi connectivity index (χ0) is 23.7. The molecule has 0 saturated heterocycles. The number of benzene rings is 5. The number of ketones is 2. The highest BCUT2D eigenvalue weighted by molar-refractivity contribution is 6.21. The lowest BCUT2D eigenvalue weighted by molar-refractivity contribution is 0.103. The Bertz CT molecular complexity index is 1420. The Morgan fingerprint density at radius 3 is 1.32 bits per heavy atom. The highest BCUT2D eigenvalue weighted by atomic mass is 16.5. The van der Waals surface area contributed by atoms with Gasteiger partial charge in [0.05, 0.1) is 14.2 Å². The zero-order valence-corrected chi connectivity index (χ0v) is 18.9. The summed E-state index contributed by atoms with van der Waals surface area (Å²) in [5.74, 6) is 1.24. The second-order valence-corrected chi connectivity index (χ2v) is 8.02. The monoisotopic (exact) mass is 446 g/mol. The number of carbonyl (C=O) groups is 2. The van der Waals surface area contributed by atoms with E-state index in [1.165, 1.54) is 0 Å². The van der Waals surface area contributed by atoms with Gasteiger partial charge in [0.2, 0.25) is 0 Å². The summed E-state index contributed by atoms with van der Waals surface area (Å²) in [6.45, 7) is 0. The molecule has 0 amide bonds. The summed E-state index contributed by atoms with van der Waals surface area (Å²) in [6, 6.07) is 29.5. The van der Waals surface area contributed by atoms with Crippen LogP contribution in [0, 0.1) is 0 Å². The van der Waals surface area contributed by atoms with Gasteiger partial charge < -0.3 is 9.47 Å². The molecular weight excluding hydrogens is 424 g/mol. The van der Waals surface area contributed by atoms with Gasteiger partial charge in [0.15, 0.2) is 11.6 Å². The summed E-state index contributed by atoms with van der Waals surface area (Å²) >= 11 is 0. The van der Waals surface area contributed by atoms with E-state index in [2.05, 4.69) is 0 Å². The molecule has 34 heavy (non-hydrogen) atoms. The molecule has 0 atom stereocenters. The SMILES string of the molecule is COc1ccc(C(=O)c2cccc3cc4cccc(C(=O)c5ccc(OC)cc5)c4cc23)cc1. The average molecular weight is 447 g/mol. The van der Waals surface area contributed by atoms with Crippen LogP contribution in [0.2, 0.25) is 0 Å². The lowest BCUT2D eigenvalue weighted by Gasteiger charge is -2.11. The van der Waals surface area contributed by atoms with E-state index in [9.17, 15) is 9.59 Å². The van der Waals surface area contributed by atoms with Crippen molar-refractivity contribution in [3.05, 3.63) is 119 Å². The van der Waals surface area contributed by atoms with Gasteiger partial charge in [0.25, 0.3) is 0 Å². The van der Waals surface area contributed by atoms with Gasteiger partial charge >= 0.3 is 0 Å². The maximum absolute atomic E-state index is 13.4. The van der Waals surface area contributed by atoms with E-state index in [0.717, 1.165) is 21.5 Å². The number of methoxy groups -OCH3 is 2. The Kier molecular flexibility index (Phi) is 5.56. The molecule has 0 aliphatic heterocycles. The van der Waals surface area contributed by atoms with Gasteiger partial charge in [-0.1, -0.05) is 36.4 Å². The smallest absolute Gasteiger partial charge is 0.193 e. The molecule has 0 aliphatic carbocycles. The minimum Gasteiger partial charge on any atom is -0.497 e. The third-order valence-corrected chi connectivity index (χ3v) is 6.07. The molecule has 5 aromatic carbocycles. The molecule has 0 N–H and O–H groups in total. The summed E-state index contributed by atoms with van der Waals surface area (Å²) in [5.41, 5.74) is 2.35. The van der Waals surface area contributed by atoms with Gasteiger partial charge in [-0.3, -0.25) is 9.59 Å². The summed E-state index contributed by atoms with van der Waals surface area (Å²) in [6.07, 6.45) is 0. The molecule has 0 heterocycles. The van der Waals surface area contributed by atoms with Gasteiger partial charge in [0.1, 0.15) is 11.5 Å². The van der Waals surface area contributed by atoms with Crippen molar-refractivity contribution in [3.8, 4) is 11.5 Å². The third kappa shape index (κ3) is 3.80. The number of carbonyl (C=O) groups excluding carboxylic acids is 2. The van der Waals surface area contributed by atoms with Crippen LogP contribution < -0.4 is 9.47 Å². The molecule has 4 heteroatoms. The molecule has 0 aromatic heterocycles. The standard InChI is InChI=1S/C30H22O4/c1-33-23-13-9-19(10-14-23)29(31)25-7-3-5-21-17-22-6-4-8-26(28(22)18-27(21)25)30(32)20-11-15-24(34-2)16-12-20/h3-18H,1-2H3. The Morgan fingerprint density at radius 2 is 0.941 bits per heavy atom. The lowest BCUT2D eigenvalue weighted by atomic mass is 9.91. The molecule has 4 nitrogen and oxygen atoms in total. The molecule has 0 aliphatic rings. The summed E-state index contributed by atoms with van der Waals surface area (Å²) in [7, 11) is 3.19. The number of fused-ring (bicyclic) bond motifs is 2. The highest BCUT2D eigenvalue weighted by Crippen LogP contribution is 2.30. The van der Waals surface area contributed by atoms with E-state index in [1.807, 2.05) is 48.5 Å². The topological polar surface area (TPSA) is 52.6 Å². The van der Waals surface area contributed by atoms with Gasteiger partial charge in [-0.15, -0.1) is 0 Å². The fourth-order valence-electron chi connectivity index (χ4n) is 4.24. The number of rotatable bonds is 6. The predicted molar refractivity (Wildman–Crippen MR) is 134 cm³/mol. The largest absolute Gasteiger partial charge is 0.497 e. The normalized spacial score (nSPS) is 10.9. The molecule has 0 saturated carbocycles. The fraction of sp³-hybridized carbons (Fsp3) is 0.0667. The highest BCUT2D eigenvalue weighted by Gasteiger charge is 2.17. The van der Waals surface area contributed by atoms with Crippen molar-refractivity contribution in [1.29, 1.82) is 0 Å². The van der Waals surface area contributed by atoms with Crippen LogP contribution in [0.4, 0.5) is 0 Å². The zero-order valence-electron chi connectivity index (χ0n) is 18.9. The first-order valence-electron chi connectivity index (χ1n) is 10.9. The number of ether oxygens (including phenoxy) is 2. The van der Waals surface area contributed by atoms with Crippen LogP contribution >= 0.6 is 0 Å². The second kappa shape index (κ2) is 8.83. The van der Waals surface area contributed by atoms with E-state index < -0.39 is 0 Å². The van der Waals surface area contributed by atoms with Crippen LogP contribution in [0.3, 0.4) is 0 Å². The molecule has 0 unspecified atom stereocenters. The summed E-state index contributed by atoms with van der Waals surface area (Å²) < 4.78 is 10.4. The van der Waals surface area contributed by atoms with Crippen LogP contribution in [0.15, 0.2) is 97.1 Å². The van der Waals surface area contributed by atoms with Gasteiger partial charge in [-0.25, -0.2) is 0 Å². The van der Waals surface area contributed by atoms with Crippen LogP contribution in [-0.4, -0.2) is 25.8 Å². The minimum absolute atomic E-state index is 0.0773. The molecule has 0 bridgehead atoms. The number of hydrogen-bond donors (Lipinski definition) is 0. The Hall–Kier alpha value is -4.44. The quantitative estimate of drug-likeness (QED) is 0.221. The van der Waals surface area contributed by atoms with Gasteiger partial charge in [0, 0.05) is 22.3 Å². The number of hydrogen-bond acceptors (Lipinski definition) is 4. The molecule has 5 aromatic rings. The van der Waals surface area contributed by atoms with E-state index in [4.69, 9.17) is 9.47 Å². The predicted octanol–water partition coefficient (Wildman–Crippen LogP) is 6.47. The maximum atomic E-state index is 13.4. The molecule has 0 radical (unpaired) electrons. The molecule has 0 spiro atoms. The summed E-state index contributed by atoms with van der Waals surface area (Å²) in [5, 5.41) is 3.51. The van der Waals surface area contributed by atoms with E-state index in [1.54, 1.807) is 62.8 Å².